The Labute approximate surface area is 83.8 Å². The van der Waals surface area contributed by atoms with Crippen molar-refractivity contribution < 1.29 is 14.5 Å². The Morgan fingerprint density at radius 2 is 2.33 bits per heavy atom. The van der Waals surface area contributed by atoms with Crippen molar-refractivity contribution in [2.75, 3.05) is 6.61 Å². The average molecular weight is 212 g/mol. The summed E-state index contributed by atoms with van der Waals surface area (Å²) in [7, 11) is 0. The molecule has 0 aliphatic carbocycles. The molecule has 0 aliphatic heterocycles. The van der Waals surface area contributed by atoms with Crippen LogP contribution in [-0.2, 0) is 4.74 Å². The highest BCUT2D eigenvalue weighted by Crippen LogP contribution is 2.15. The molecule has 15 heavy (non-hydrogen) atoms. The minimum atomic E-state index is -0.879. The molecule has 0 aliphatic rings. The molecular formula is C8H8N2O5. The predicted octanol–water partition coefficient (Wildman–Crippen LogP) is 0.460. The van der Waals surface area contributed by atoms with E-state index in [1.807, 2.05) is 0 Å². The van der Waals surface area contributed by atoms with E-state index >= 15 is 0 Å². The van der Waals surface area contributed by atoms with E-state index in [0.717, 1.165) is 12.3 Å². The third-order valence-electron chi connectivity index (χ3n) is 1.59. The van der Waals surface area contributed by atoms with Gasteiger partial charge in [0.05, 0.1) is 17.7 Å². The number of carbonyl (C=O) groups is 1. The number of carbonyl (C=O) groups excluding carboxylic acids is 1. The molecule has 0 spiro atoms. The van der Waals surface area contributed by atoms with Crippen LogP contribution in [0.4, 0.5) is 5.69 Å². The first-order valence-corrected chi connectivity index (χ1v) is 4.10. The second-order valence-electron chi connectivity index (χ2n) is 2.57. The Balaban J connectivity index is 3.24. The zero-order chi connectivity index (χ0) is 11.4. The molecule has 7 nitrogen and oxygen atoms in total. The summed E-state index contributed by atoms with van der Waals surface area (Å²) in [5.74, 6) is -0.879. The Morgan fingerprint density at radius 3 is 2.87 bits per heavy atom. The van der Waals surface area contributed by atoms with Crippen LogP contribution in [0.25, 0.3) is 0 Å². The van der Waals surface area contributed by atoms with Gasteiger partial charge in [0, 0.05) is 6.07 Å². The van der Waals surface area contributed by atoms with Gasteiger partial charge < -0.3 is 9.72 Å². The minimum Gasteiger partial charge on any atom is -0.462 e. The lowest BCUT2D eigenvalue weighted by Gasteiger charge is -2.01. The quantitative estimate of drug-likeness (QED) is 0.445. The Morgan fingerprint density at radius 1 is 1.67 bits per heavy atom. The first-order valence-electron chi connectivity index (χ1n) is 4.10. The van der Waals surface area contributed by atoms with Gasteiger partial charge in [-0.25, -0.2) is 4.79 Å². The van der Waals surface area contributed by atoms with Crippen LogP contribution in [0.15, 0.2) is 17.1 Å². The number of ether oxygens (including phenoxy) is 1. The number of nitrogens with one attached hydrogen (secondary N) is 1. The van der Waals surface area contributed by atoms with Crippen LogP contribution in [0.1, 0.15) is 17.3 Å². The van der Waals surface area contributed by atoms with Crippen LogP contribution in [0.2, 0.25) is 0 Å². The summed E-state index contributed by atoms with van der Waals surface area (Å²) in [6.45, 7) is 1.65. The van der Waals surface area contributed by atoms with Gasteiger partial charge in [-0.3, -0.25) is 14.9 Å². The zero-order valence-electron chi connectivity index (χ0n) is 7.85. The largest absolute Gasteiger partial charge is 0.462 e. The van der Waals surface area contributed by atoms with Crippen LogP contribution in [0.3, 0.4) is 0 Å². The monoisotopic (exact) mass is 212 g/mol. The SMILES string of the molecule is CCOC(=O)c1cc(=O)[nH]cc1[N+](=O)[O-]. The number of aromatic nitrogens is 1. The molecule has 1 heterocycles. The molecule has 1 aromatic heterocycles. The van der Waals surface area contributed by atoms with Crippen LogP contribution >= 0.6 is 0 Å². The van der Waals surface area contributed by atoms with Crippen molar-refractivity contribution in [3.05, 3.63) is 38.3 Å². The molecule has 0 bridgehead atoms. The molecule has 80 valence electrons. The van der Waals surface area contributed by atoms with E-state index < -0.39 is 22.1 Å². The minimum absolute atomic E-state index is 0.0861. The normalized spacial score (nSPS) is 9.67. The van der Waals surface area contributed by atoms with Gasteiger partial charge in [0.2, 0.25) is 5.56 Å². The van der Waals surface area contributed by atoms with Gasteiger partial charge in [0.1, 0.15) is 5.56 Å². The van der Waals surface area contributed by atoms with Crippen molar-refractivity contribution in [3.63, 3.8) is 0 Å². The highest BCUT2D eigenvalue weighted by molar-refractivity contribution is 5.93. The Kier molecular flexibility index (Phi) is 3.17. The number of pyridine rings is 1. The molecule has 0 radical (unpaired) electrons. The van der Waals surface area contributed by atoms with Gasteiger partial charge in [-0.15, -0.1) is 0 Å². The third kappa shape index (κ3) is 2.39. The molecule has 1 N–H and O–H groups in total. The van der Waals surface area contributed by atoms with E-state index in [1.165, 1.54) is 0 Å². The van der Waals surface area contributed by atoms with Crippen molar-refractivity contribution >= 4 is 11.7 Å². The van der Waals surface area contributed by atoms with Crippen molar-refractivity contribution in [2.45, 2.75) is 6.92 Å². The molecular weight excluding hydrogens is 204 g/mol. The van der Waals surface area contributed by atoms with Crippen LogP contribution in [0, 0.1) is 10.1 Å². The molecule has 0 saturated heterocycles. The molecule has 0 aromatic carbocycles. The smallest absolute Gasteiger partial charge is 0.345 e. The van der Waals surface area contributed by atoms with E-state index in [-0.39, 0.29) is 12.2 Å². The van der Waals surface area contributed by atoms with Crippen molar-refractivity contribution in [1.82, 2.24) is 4.98 Å². The Hall–Kier alpha value is -2.18. The highest BCUT2D eigenvalue weighted by Gasteiger charge is 2.21. The standard InChI is InChI=1S/C8H8N2O5/c1-2-15-8(12)5-3-7(11)9-4-6(5)10(13)14/h3-4H,2H2,1H3,(H,9,11). The molecule has 7 heteroatoms. The number of nitrogens with zero attached hydrogens (tertiary/aromatic N) is 1. The number of nitro groups is 1. The van der Waals surface area contributed by atoms with E-state index in [2.05, 4.69) is 9.72 Å². The van der Waals surface area contributed by atoms with Crippen LogP contribution in [0.5, 0.6) is 0 Å². The lowest BCUT2D eigenvalue weighted by molar-refractivity contribution is -0.385. The van der Waals surface area contributed by atoms with Crippen molar-refractivity contribution in [3.8, 4) is 0 Å². The number of H-pyrrole nitrogens is 1. The van der Waals surface area contributed by atoms with Crippen molar-refractivity contribution in [2.24, 2.45) is 0 Å². The number of rotatable bonds is 3. The lowest BCUT2D eigenvalue weighted by Crippen LogP contribution is -2.14. The summed E-state index contributed by atoms with van der Waals surface area (Å²) in [6, 6.07) is 0.843. The number of esters is 1. The summed E-state index contributed by atoms with van der Waals surface area (Å²) in [6.07, 6.45) is 0.870. The second kappa shape index (κ2) is 4.36. The van der Waals surface area contributed by atoms with Gasteiger partial charge in [0.15, 0.2) is 0 Å². The average Bonchev–Trinajstić information content (AvgIpc) is 2.17. The molecule has 0 unspecified atom stereocenters. The summed E-state index contributed by atoms with van der Waals surface area (Å²) in [4.78, 5) is 34.0. The van der Waals surface area contributed by atoms with Gasteiger partial charge in [0.25, 0.3) is 5.69 Å². The third-order valence-corrected chi connectivity index (χ3v) is 1.59. The van der Waals surface area contributed by atoms with Gasteiger partial charge in [-0.05, 0) is 6.92 Å². The van der Waals surface area contributed by atoms with Crippen LogP contribution in [-0.4, -0.2) is 22.5 Å². The highest BCUT2D eigenvalue weighted by atomic mass is 16.6. The maximum Gasteiger partial charge on any atom is 0.345 e. The fourth-order valence-corrected chi connectivity index (χ4v) is 0.987. The summed E-state index contributed by atoms with van der Waals surface area (Å²) >= 11 is 0. The van der Waals surface area contributed by atoms with E-state index in [0.29, 0.717) is 0 Å². The van der Waals surface area contributed by atoms with Crippen LogP contribution < -0.4 is 5.56 Å². The second-order valence-corrected chi connectivity index (χ2v) is 2.57. The number of hydrogen-bond donors (Lipinski definition) is 1. The lowest BCUT2D eigenvalue weighted by atomic mass is 10.2. The van der Waals surface area contributed by atoms with E-state index in [4.69, 9.17) is 0 Å². The summed E-state index contributed by atoms with van der Waals surface area (Å²) in [5, 5.41) is 10.5. The topological polar surface area (TPSA) is 102 Å². The maximum atomic E-state index is 11.2. The molecule has 1 aromatic rings. The summed E-state index contributed by atoms with van der Waals surface area (Å²) in [5.41, 5.74) is -1.41. The fourth-order valence-electron chi connectivity index (χ4n) is 0.987. The van der Waals surface area contributed by atoms with Gasteiger partial charge in [-0.1, -0.05) is 0 Å². The van der Waals surface area contributed by atoms with E-state index in [9.17, 15) is 19.7 Å². The molecule has 0 atom stereocenters. The molecule has 0 amide bonds. The van der Waals surface area contributed by atoms with E-state index in [1.54, 1.807) is 6.92 Å². The maximum absolute atomic E-state index is 11.2. The molecule has 0 saturated carbocycles. The zero-order valence-corrected chi connectivity index (χ0v) is 7.85. The molecule has 1 rings (SSSR count). The van der Waals surface area contributed by atoms with Gasteiger partial charge in [-0.2, -0.15) is 0 Å². The fraction of sp³-hybridized carbons (Fsp3) is 0.250. The van der Waals surface area contributed by atoms with Crippen molar-refractivity contribution in [1.29, 1.82) is 0 Å². The van der Waals surface area contributed by atoms with Gasteiger partial charge >= 0.3 is 5.97 Å². The molecule has 0 fully saturated rings. The first kappa shape index (κ1) is 10.9. The summed E-state index contributed by atoms with van der Waals surface area (Å²) < 4.78 is 4.58. The number of hydrogen-bond acceptors (Lipinski definition) is 5. The first-order chi connectivity index (χ1) is 7.06. The number of aromatic amines is 1. The Bertz CT molecular complexity index is 451. The predicted molar refractivity (Wildman–Crippen MR) is 49.7 cm³/mol.